The van der Waals surface area contributed by atoms with E-state index in [-0.39, 0.29) is 18.9 Å². The maximum atomic E-state index is 13.2. The van der Waals surface area contributed by atoms with Crippen molar-refractivity contribution in [2.45, 2.75) is 32.2 Å². The summed E-state index contributed by atoms with van der Waals surface area (Å²) in [6.45, 7) is 2.01. The molecule has 7 heteroatoms. The molecule has 0 radical (unpaired) electrons. The van der Waals surface area contributed by atoms with Crippen LogP contribution in [-0.2, 0) is 17.6 Å². The topological polar surface area (TPSA) is 82.1 Å². The molecule has 0 unspecified atom stereocenters. The van der Waals surface area contributed by atoms with Gasteiger partial charge in [-0.3, -0.25) is 9.78 Å². The quantitative estimate of drug-likeness (QED) is 0.332. The van der Waals surface area contributed by atoms with E-state index in [0.717, 1.165) is 40.5 Å². The van der Waals surface area contributed by atoms with E-state index in [1.54, 1.807) is 6.07 Å². The van der Waals surface area contributed by atoms with E-state index >= 15 is 0 Å². The summed E-state index contributed by atoms with van der Waals surface area (Å²) in [4.78, 5) is 29.3. The molecule has 1 heterocycles. The fourth-order valence-corrected chi connectivity index (χ4v) is 4.89. The van der Waals surface area contributed by atoms with Crippen molar-refractivity contribution in [3.63, 3.8) is 0 Å². The SMILES string of the molecule is CSCC[C@H](NC(=O)c1ccc(CCc2cncc3ccccc23)cc1-c1ccccc1C)C(=O)[O-].[Li+]. The van der Waals surface area contributed by atoms with Crippen molar-refractivity contribution in [2.24, 2.45) is 0 Å². The van der Waals surface area contributed by atoms with E-state index < -0.39 is 17.9 Å². The number of carboxylic acids is 1. The summed E-state index contributed by atoms with van der Waals surface area (Å²) in [7, 11) is 0. The van der Waals surface area contributed by atoms with Crippen molar-refractivity contribution in [2.75, 3.05) is 12.0 Å². The van der Waals surface area contributed by atoms with Crippen LogP contribution in [0, 0.1) is 6.92 Å². The zero-order chi connectivity index (χ0) is 25.5. The maximum absolute atomic E-state index is 13.2. The molecule has 0 spiro atoms. The standard InChI is InChI=1S/C30H30N2O3S.Li/c1-20-7-3-5-9-24(20)27-17-21(11-13-23-19-31-18-22-8-4-6-10-25(22)23)12-14-26(27)29(33)32-28(30(34)35)15-16-36-2;/h3-10,12,14,17-19,28H,11,13,15-16H2,1-2H3,(H,32,33)(H,34,35);/q;+1/p-1/t28-;/m0./s1. The predicted octanol–water partition coefficient (Wildman–Crippen LogP) is 1.60. The fraction of sp³-hybridized carbons (Fsp3) is 0.233. The summed E-state index contributed by atoms with van der Waals surface area (Å²) < 4.78 is 0. The van der Waals surface area contributed by atoms with Gasteiger partial charge in [0.15, 0.2) is 0 Å². The summed E-state index contributed by atoms with van der Waals surface area (Å²) in [6, 6.07) is 20.9. The summed E-state index contributed by atoms with van der Waals surface area (Å²) in [5.74, 6) is -1.06. The molecule has 0 aliphatic rings. The van der Waals surface area contributed by atoms with Gasteiger partial charge in [0, 0.05) is 23.3 Å². The Hall–Kier alpha value is -3.04. The second-order valence-electron chi connectivity index (χ2n) is 8.84. The van der Waals surface area contributed by atoms with Crippen LogP contribution in [0.25, 0.3) is 21.9 Å². The normalized spacial score (nSPS) is 11.5. The summed E-state index contributed by atoms with van der Waals surface area (Å²) in [5.41, 5.74) is 5.51. The molecule has 1 N–H and O–H groups in total. The minimum absolute atomic E-state index is 0. The Balaban J connectivity index is 0.00000380. The van der Waals surface area contributed by atoms with Gasteiger partial charge in [0.25, 0.3) is 5.91 Å². The van der Waals surface area contributed by atoms with Gasteiger partial charge in [0.1, 0.15) is 0 Å². The van der Waals surface area contributed by atoms with Crippen molar-refractivity contribution in [3.05, 3.63) is 101 Å². The first-order valence-electron chi connectivity index (χ1n) is 12.0. The fourth-order valence-electron chi connectivity index (χ4n) is 4.42. The van der Waals surface area contributed by atoms with Crippen LogP contribution in [0.2, 0.25) is 0 Å². The number of aryl methyl sites for hydroxylation is 3. The van der Waals surface area contributed by atoms with Gasteiger partial charge in [-0.15, -0.1) is 0 Å². The Morgan fingerprint density at radius 2 is 1.73 bits per heavy atom. The molecular weight excluding hydrogens is 475 g/mol. The van der Waals surface area contributed by atoms with Crippen LogP contribution in [0.3, 0.4) is 0 Å². The first kappa shape index (κ1) is 28.5. The van der Waals surface area contributed by atoms with Crippen LogP contribution < -0.4 is 29.3 Å². The van der Waals surface area contributed by atoms with Crippen LogP contribution in [0.4, 0.5) is 0 Å². The summed E-state index contributed by atoms with van der Waals surface area (Å²) >= 11 is 1.53. The van der Waals surface area contributed by atoms with Gasteiger partial charge in [-0.2, -0.15) is 11.8 Å². The van der Waals surface area contributed by atoms with Crippen LogP contribution in [0.15, 0.2) is 79.1 Å². The van der Waals surface area contributed by atoms with E-state index in [1.807, 2.05) is 74.1 Å². The Morgan fingerprint density at radius 3 is 2.49 bits per heavy atom. The number of thioether (sulfide) groups is 1. The number of rotatable bonds is 10. The molecule has 37 heavy (non-hydrogen) atoms. The molecule has 5 nitrogen and oxygen atoms in total. The molecule has 1 atom stereocenters. The van der Waals surface area contributed by atoms with Gasteiger partial charge in [-0.1, -0.05) is 60.7 Å². The van der Waals surface area contributed by atoms with E-state index in [1.165, 1.54) is 22.7 Å². The number of fused-ring (bicyclic) bond motifs is 1. The number of carbonyl (C=O) groups excluding carboxylic acids is 2. The largest absolute Gasteiger partial charge is 1.00 e. The Morgan fingerprint density at radius 1 is 0.973 bits per heavy atom. The Bertz CT molecular complexity index is 1390. The van der Waals surface area contributed by atoms with Gasteiger partial charge in [-0.05, 0) is 77.5 Å². The monoisotopic (exact) mass is 504 g/mol. The minimum atomic E-state index is -1.27. The molecule has 0 aliphatic heterocycles. The van der Waals surface area contributed by atoms with E-state index in [4.69, 9.17) is 0 Å². The Labute approximate surface area is 234 Å². The van der Waals surface area contributed by atoms with Crippen molar-refractivity contribution < 1.29 is 33.6 Å². The maximum Gasteiger partial charge on any atom is 1.00 e. The average Bonchev–Trinajstić information content (AvgIpc) is 2.89. The van der Waals surface area contributed by atoms with Gasteiger partial charge < -0.3 is 15.2 Å². The molecular formula is C30H29LiN2O3S. The van der Waals surface area contributed by atoms with Crippen LogP contribution in [0.5, 0.6) is 0 Å². The van der Waals surface area contributed by atoms with Gasteiger partial charge >= 0.3 is 18.9 Å². The third-order valence-corrected chi connectivity index (χ3v) is 7.04. The second-order valence-corrected chi connectivity index (χ2v) is 9.83. The van der Waals surface area contributed by atoms with Crippen molar-refractivity contribution in [1.29, 1.82) is 0 Å². The molecule has 3 aromatic carbocycles. The van der Waals surface area contributed by atoms with E-state index in [0.29, 0.717) is 17.7 Å². The number of pyridine rings is 1. The first-order chi connectivity index (χ1) is 17.5. The summed E-state index contributed by atoms with van der Waals surface area (Å²) in [6.07, 6.45) is 7.60. The van der Waals surface area contributed by atoms with Gasteiger partial charge in [-0.25, -0.2) is 0 Å². The number of amides is 1. The number of hydrogen-bond donors (Lipinski definition) is 1. The van der Waals surface area contributed by atoms with Crippen molar-refractivity contribution >= 4 is 34.4 Å². The number of hydrogen-bond acceptors (Lipinski definition) is 5. The number of carbonyl (C=O) groups is 2. The van der Waals surface area contributed by atoms with Gasteiger partial charge in [0.2, 0.25) is 0 Å². The number of benzene rings is 3. The van der Waals surface area contributed by atoms with Crippen LogP contribution in [-0.4, -0.2) is 34.9 Å². The molecule has 0 saturated heterocycles. The zero-order valence-electron chi connectivity index (χ0n) is 21.5. The molecule has 4 rings (SSSR count). The van der Waals surface area contributed by atoms with Crippen LogP contribution >= 0.6 is 11.8 Å². The molecule has 1 amide bonds. The minimum Gasteiger partial charge on any atom is -0.548 e. The molecule has 184 valence electrons. The molecule has 1 aromatic heterocycles. The predicted molar refractivity (Wildman–Crippen MR) is 145 cm³/mol. The number of nitrogens with zero attached hydrogens (tertiary/aromatic N) is 1. The average molecular weight is 505 g/mol. The third-order valence-electron chi connectivity index (χ3n) is 6.40. The van der Waals surface area contributed by atoms with Crippen molar-refractivity contribution in [3.8, 4) is 11.1 Å². The van der Waals surface area contributed by atoms with Crippen molar-refractivity contribution in [1.82, 2.24) is 10.3 Å². The Kier molecular flexibility index (Phi) is 10.4. The van der Waals surface area contributed by atoms with Crippen LogP contribution in [0.1, 0.15) is 33.5 Å². The number of aromatic nitrogens is 1. The molecule has 0 saturated carbocycles. The summed E-state index contributed by atoms with van der Waals surface area (Å²) in [5, 5.41) is 16.6. The second kappa shape index (κ2) is 13.5. The molecule has 4 aromatic rings. The number of carboxylic acid groups (broad SMARTS) is 1. The third kappa shape index (κ3) is 7.05. The molecule has 0 aliphatic carbocycles. The number of aliphatic carboxylic acids is 1. The van der Waals surface area contributed by atoms with E-state index in [2.05, 4.69) is 22.4 Å². The van der Waals surface area contributed by atoms with Gasteiger partial charge in [0.05, 0.1) is 12.0 Å². The first-order valence-corrected chi connectivity index (χ1v) is 13.4. The van der Waals surface area contributed by atoms with E-state index in [9.17, 15) is 14.7 Å². The zero-order valence-corrected chi connectivity index (χ0v) is 22.3. The molecule has 0 fully saturated rings. The number of nitrogens with one attached hydrogen (secondary N) is 1. The smallest absolute Gasteiger partial charge is 0.548 e. The molecule has 0 bridgehead atoms.